The van der Waals surface area contributed by atoms with Crippen molar-refractivity contribution in [2.75, 3.05) is 13.6 Å². The number of likely N-dealkylation sites (N-methyl/N-ethyl adjacent to an activating group) is 1. The van der Waals surface area contributed by atoms with E-state index >= 15 is 0 Å². The van der Waals surface area contributed by atoms with Crippen LogP contribution in [-0.2, 0) is 11.3 Å². The zero-order chi connectivity index (χ0) is 26.7. The minimum absolute atomic E-state index is 0.117. The largest absolute Gasteiger partial charge is 0.451 e. The quantitative estimate of drug-likeness (QED) is 0.303. The van der Waals surface area contributed by atoms with E-state index in [-0.39, 0.29) is 29.9 Å². The van der Waals surface area contributed by atoms with Crippen molar-refractivity contribution >= 4 is 28.7 Å². The fourth-order valence-electron chi connectivity index (χ4n) is 4.16. The van der Waals surface area contributed by atoms with E-state index in [9.17, 15) is 14.4 Å². The van der Waals surface area contributed by atoms with Crippen LogP contribution in [0, 0.1) is 0 Å². The Morgan fingerprint density at radius 1 is 0.737 bits per heavy atom. The van der Waals surface area contributed by atoms with E-state index in [2.05, 4.69) is 16.0 Å². The van der Waals surface area contributed by atoms with Crippen LogP contribution in [-0.4, -0.2) is 31.3 Å². The topological polar surface area (TPSA) is 114 Å². The molecule has 0 unspecified atom stereocenters. The second-order valence-electron chi connectivity index (χ2n) is 9.17. The van der Waals surface area contributed by atoms with Crippen molar-refractivity contribution in [2.45, 2.75) is 45.1 Å². The Morgan fingerprint density at radius 3 is 2.05 bits per heavy atom. The molecule has 0 spiro atoms. The standard InChI is InChI=1S/C24H21N3O5.C6H12/c1-25-22(28)14-27-23(29)20-11-10-19(31-20)16-8-6-15(7-9-16)13-26-24(30)21-12-17-4-2-3-5-18(17)32-21;1-2-4-6-5-3-1/h2-12H,13-14H2,1H3,(H,25,28)(H,26,30)(H,27,29);1-6H2. The van der Waals surface area contributed by atoms with Gasteiger partial charge in [0.05, 0.1) is 6.54 Å². The molecule has 0 aliphatic heterocycles. The molecule has 2 aromatic heterocycles. The van der Waals surface area contributed by atoms with Crippen LogP contribution in [0.4, 0.5) is 0 Å². The molecule has 2 aromatic carbocycles. The zero-order valence-electron chi connectivity index (χ0n) is 21.5. The van der Waals surface area contributed by atoms with Gasteiger partial charge in [0.1, 0.15) is 11.3 Å². The van der Waals surface area contributed by atoms with Gasteiger partial charge >= 0.3 is 0 Å². The molecule has 0 saturated heterocycles. The van der Waals surface area contributed by atoms with Crippen LogP contribution in [0.3, 0.4) is 0 Å². The highest BCUT2D eigenvalue weighted by Gasteiger charge is 2.14. The lowest BCUT2D eigenvalue weighted by Crippen LogP contribution is -2.34. The number of benzene rings is 2. The molecule has 38 heavy (non-hydrogen) atoms. The lowest BCUT2D eigenvalue weighted by atomic mass is 10.0. The third kappa shape index (κ3) is 7.35. The molecule has 4 aromatic rings. The molecule has 1 saturated carbocycles. The highest BCUT2D eigenvalue weighted by Crippen LogP contribution is 2.23. The van der Waals surface area contributed by atoms with Gasteiger partial charge in [0.15, 0.2) is 11.5 Å². The van der Waals surface area contributed by atoms with Gasteiger partial charge in [-0.2, -0.15) is 0 Å². The molecule has 2 heterocycles. The minimum atomic E-state index is -0.468. The molecule has 0 atom stereocenters. The Hall–Kier alpha value is -4.33. The predicted molar refractivity (Wildman–Crippen MR) is 146 cm³/mol. The van der Waals surface area contributed by atoms with Gasteiger partial charge in [-0.1, -0.05) is 81.0 Å². The number of carbonyl (C=O) groups is 3. The molecule has 8 nitrogen and oxygen atoms in total. The monoisotopic (exact) mass is 515 g/mol. The predicted octanol–water partition coefficient (Wildman–Crippen LogP) is 5.44. The van der Waals surface area contributed by atoms with Crippen LogP contribution >= 0.6 is 0 Å². The van der Waals surface area contributed by atoms with Gasteiger partial charge in [-0.05, 0) is 29.8 Å². The normalized spacial score (nSPS) is 12.8. The highest BCUT2D eigenvalue weighted by molar-refractivity contribution is 5.96. The van der Waals surface area contributed by atoms with Crippen LogP contribution in [0.2, 0.25) is 0 Å². The SMILES string of the molecule is C1CCCCC1.CNC(=O)CNC(=O)c1ccc(-c2ccc(CNC(=O)c3cc4ccccc4o3)cc2)o1. The van der Waals surface area contributed by atoms with E-state index in [4.69, 9.17) is 8.83 Å². The summed E-state index contributed by atoms with van der Waals surface area (Å²) in [5.74, 6) is -0.152. The van der Waals surface area contributed by atoms with Gasteiger partial charge in [-0.15, -0.1) is 0 Å². The first-order chi connectivity index (χ1) is 18.5. The van der Waals surface area contributed by atoms with Gasteiger partial charge in [-0.3, -0.25) is 14.4 Å². The fourth-order valence-corrected chi connectivity index (χ4v) is 4.16. The third-order valence-electron chi connectivity index (χ3n) is 6.36. The summed E-state index contributed by atoms with van der Waals surface area (Å²) in [5, 5.41) is 8.62. The number of fused-ring (bicyclic) bond motifs is 1. The number of para-hydroxylation sites is 1. The molecule has 1 aliphatic rings. The molecule has 3 amide bonds. The summed E-state index contributed by atoms with van der Waals surface area (Å²) in [4.78, 5) is 35.7. The second-order valence-corrected chi connectivity index (χ2v) is 9.17. The van der Waals surface area contributed by atoms with E-state index in [1.54, 1.807) is 18.2 Å². The average molecular weight is 516 g/mol. The summed E-state index contributed by atoms with van der Waals surface area (Å²) in [7, 11) is 1.49. The lowest BCUT2D eigenvalue weighted by molar-refractivity contribution is -0.119. The molecular weight excluding hydrogens is 482 g/mol. The zero-order valence-corrected chi connectivity index (χ0v) is 21.5. The smallest absolute Gasteiger partial charge is 0.287 e. The third-order valence-corrected chi connectivity index (χ3v) is 6.36. The van der Waals surface area contributed by atoms with Crippen molar-refractivity contribution in [3.63, 3.8) is 0 Å². The Bertz CT molecular complexity index is 1320. The maximum absolute atomic E-state index is 12.4. The minimum Gasteiger partial charge on any atom is -0.451 e. The number of amides is 3. The summed E-state index contributed by atoms with van der Waals surface area (Å²) < 4.78 is 11.2. The molecule has 0 bridgehead atoms. The van der Waals surface area contributed by atoms with Crippen LogP contribution in [0.1, 0.15) is 65.2 Å². The molecule has 5 rings (SSSR count). The molecule has 3 N–H and O–H groups in total. The summed E-state index contributed by atoms with van der Waals surface area (Å²) in [5.41, 5.74) is 2.35. The van der Waals surface area contributed by atoms with Crippen LogP contribution < -0.4 is 16.0 Å². The summed E-state index contributed by atoms with van der Waals surface area (Å²) in [6.07, 6.45) is 9.00. The molecule has 8 heteroatoms. The van der Waals surface area contributed by atoms with Gasteiger partial charge < -0.3 is 24.8 Å². The molecule has 198 valence electrons. The molecule has 1 aliphatic carbocycles. The lowest BCUT2D eigenvalue weighted by Gasteiger charge is -2.05. The second kappa shape index (κ2) is 13.3. The van der Waals surface area contributed by atoms with E-state index in [0.717, 1.165) is 16.5 Å². The first-order valence-electron chi connectivity index (χ1n) is 13.0. The van der Waals surface area contributed by atoms with Gasteiger partial charge in [0, 0.05) is 24.5 Å². The summed E-state index contributed by atoms with van der Waals surface area (Å²) in [6, 6.07) is 19.8. The van der Waals surface area contributed by atoms with Crippen molar-refractivity contribution < 1.29 is 23.2 Å². The van der Waals surface area contributed by atoms with E-state index in [1.807, 2.05) is 48.5 Å². The van der Waals surface area contributed by atoms with Crippen LogP contribution in [0.15, 0.2) is 75.6 Å². The number of nitrogens with one attached hydrogen (secondary N) is 3. The van der Waals surface area contributed by atoms with Crippen LogP contribution in [0.25, 0.3) is 22.3 Å². The molecular formula is C30H33N3O5. The van der Waals surface area contributed by atoms with Crippen molar-refractivity contribution in [3.8, 4) is 11.3 Å². The Morgan fingerprint density at radius 2 is 1.39 bits per heavy atom. The van der Waals surface area contributed by atoms with E-state index < -0.39 is 5.91 Å². The number of hydrogen-bond donors (Lipinski definition) is 3. The number of rotatable bonds is 7. The molecule has 1 fully saturated rings. The first kappa shape index (κ1) is 26.7. The first-order valence-corrected chi connectivity index (χ1v) is 13.0. The number of furan rings is 2. The van der Waals surface area contributed by atoms with Crippen molar-refractivity contribution in [3.05, 3.63) is 83.8 Å². The highest BCUT2D eigenvalue weighted by atomic mass is 16.4. The summed E-state index contributed by atoms with van der Waals surface area (Å²) in [6.45, 7) is 0.210. The Kier molecular flexibility index (Phi) is 9.34. The Labute approximate surface area is 221 Å². The van der Waals surface area contributed by atoms with Gasteiger partial charge in [-0.25, -0.2) is 0 Å². The van der Waals surface area contributed by atoms with Gasteiger partial charge in [0.25, 0.3) is 11.8 Å². The number of carbonyl (C=O) groups excluding carboxylic acids is 3. The summed E-state index contributed by atoms with van der Waals surface area (Å²) >= 11 is 0. The van der Waals surface area contributed by atoms with E-state index in [0.29, 0.717) is 17.9 Å². The maximum Gasteiger partial charge on any atom is 0.287 e. The van der Waals surface area contributed by atoms with Crippen molar-refractivity contribution in [1.29, 1.82) is 0 Å². The number of hydrogen-bond acceptors (Lipinski definition) is 5. The molecule has 0 radical (unpaired) electrons. The van der Waals surface area contributed by atoms with Crippen LogP contribution in [0.5, 0.6) is 0 Å². The van der Waals surface area contributed by atoms with Gasteiger partial charge in [0.2, 0.25) is 5.91 Å². The van der Waals surface area contributed by atoms with Crippen molar-refractivity contribution in [2.24, 2.45) is 0 Å². The Balaban J connectivity index is 0.000000494. The average Bonchev–Trinajstić information content (AvgIpc) is 3.64. The fraction of sp³-hybridized carbons (Fsp3) is 0.300. The maximum atomic E-state index is 12.4. The van der Waals surface area contributed by atoms with Crippen molar-refractivity contribution in [1.82, 2.24) is 16.0 Å². The van der Waals surface area contributed by atoms with E-state index in [1.165, 1.54) is 45.6 Å².